The zero-order valence-corrected chi connectivity index (χ0v) is 10.1. The van der Waals surface area contributed by atoms with Crippen LogP contribution in [0, 0.1) is 6.92 Å². The van der Waals surface area contributed by atoms with Crippen molar-refractivity contribution in [2.45, 2.75) is 45.2 Å². The van der Waals surface area contributed by atoms with Gasteiger partial charge < -0.3 is 10.6 Å². The standard InChI is InChI=1S/C12H20N4/c1-9-6-7-14-12(15-9)16-8-4-3-5-11(16)10(2)13/h6-7,10-11H,3-5,8,13H2,1-2H3. The van der Waals surface area contributed by atoms with Crippen molar-refractivity contribution in [2.24, 2.45) is 5.73 Å². The van der Waals surface area contributed by atoms with Crippen LogP contribution in [-0.2, 0) is 0 Å². The van der Waals surface area contributed by atoms with Gasteiger partial charge in [0.2, 0.25) is 5.95 Å². The fourth-order valence-corrected chi connectivity index (χ4v) is 2.33. The molecule has 16 heavy (non-hydrogen) atoms. The van der Waals surface area contributed by atoms with Crippen LogP contribution in [0.5, 0.6) is 0 Å². The summed E-state index contributed by atoms with van der Waals surface area (Å²) in [6.07, 6.45) is 5.44. The lowest BCUT2D eigenvalue weighted by atomic mass is 9.97. The summed E-state index contributed by atoms with van der Waals surface area (Å²) in [6, 6.07) is 2.48. The molecule has 0 aromatic carbocycles. The molecule has 0 radical (unpaired) electrons. The van der Waals surface area contributed by atoms with Crippen molar-refractivity contribution < 1.29 is 0 Å². The van der Waals surface area contributed by atoms with Gasteiger partial charge in [-0.05, 0) is 39.2 Å². The number of nitrogens with zero attached hydrogens (tertiary/aromatic N) is 3. The zero-order valence-electron chi connectivity index (χ0n) is 10.1. The van der Waals surface area contributed by atoms with Crippen LogP contribution in [0.25, 0.3) is 0 Å². The quantitative estimate of drug-likeness (QED) is 0.820. The Morgan fingerprint density at radius 3 is 3.00 bits per heavy atom. The number of nitrogens with two attached hydrogens (primary N) is 1. The summed E-state index contributed by atoms with van der Waals surface area (Å²) in [5, 5.41) is 0. The lowest BCUT2D eigenvalue weighted by Gasteiger charge is -2.38. The molecule has 2 N–H and O–H groups in total. The van der Waals surface area contributed by atoms with E-state index in [1.807, 2.05) is 19.2 Å². The van der Waals surface area contributed by atoms with Crippen molar-refractivity contribution in [3.63, 3.8) is 0 Å². The molecule has 0 bridgehead atoms. The lowest BCUT2D eigenvalue weighted by molar-refractivity contribution is 0.407. The van der Waals surface area contributed by atoms with E-state index in [0.29, 0.717) is 6.04 Å². The van der Waals surface area contributed by atoms with Gasteiger partial charge in [-0.2, -0.15) is 0 Å². The van der Waals surface area contributed by atoms with Crippen LogP contribution in [-0.4, -0.2) is 28.6 Å². The third-order valence-electron chi connectivity index (χ3n) is 3.20. The molecule has 88 valence electrons. The summed E-state index contributed by atoms with van der Waals surface area (Å²) in [4.78, 5) is 11.1. The smallest absolute Gasteiger partial charge is 0.225 e. The third-order valence-corrected chi connectivity index (χ3v) is 3.20. The van der Waals surface area contributed by atoms with Crippen molar-refractivity contribution in [3.05, 3.63) is 18.0 Å². The van der Waals surface area contributed by atoms with Gasteiger partial charge in [-0.15, -0.1) is 0 Å². The lowest BCUT2D eigenvalue weighted by Crippen LogP contribution is -2.50. The number of anilines is 1. The van der Waals surface area contributed by atoms with Crippen LogP contribution in [0.2, 0.25) is 0 Å². The van der Waals surface area contributed by atoms with Crippen LogP contribution in [0.1, 0.15) is 31.9 Å². The molecule has 0 saturated carbocycles. The molecule has 1 aliphatic heterocycles. The van der Waals surface area contributed by atoms with E-state index >= 15 is 0 Å². The molecular weight excluding hydrogens is 200 g/mol. The maximum Gasteiger partial charge on any atom is 0.225 e. The van der Waals surface area contributed by atoms with Gasteiger partial charge in [-0.25, -0.2) is 9.97 Å². The normalized spacial score (nSPS) is 23.2. The van der Waals surface area contributed by atoms with Crippen molar-refractivity contribution in [3.8, 4) is 0 Å². The number of hydrogen-bond acceptors (Lipinski definition) is 4. The number of rotatable bonds is 2. The highest BCUT2D eigenvalue weighted by atomic mass is 15.3. The minimum Gasteiger partial charge on any atom is -0.336 e. The molecule has 0 aliphatic carbocycles. The summed E-state index contributed by atoms with van der Waals surface area (Å²) < 4.78 is 0. The summed E-state index contributed by atoms with van der Waals surface area (Å²) in [6.45, 7) is 5.09. The Morgan fingerprint density at radius 1 is 1.50 bits per heavy atom. The van der Waals surface area contributed by atoms with E-state index in [-0.39, 0.29) is 6.04 Å². The van der Waals surface area contributed by atoms with E-state index in [0.717, 1.165) is 24.6 Å². The number of hydrogen-bond donors (Lipinski definition) is 1. The topological polar surface area (TPSA) is 55.0 Å². The molecule has 1 saturated heterocycles. The van der Waals surface area contributed by atoms with Gasteiger partial charge in [0.1, 0.15) is 0 Å². The molecule has 1 fully saturated rings. The van der Waals surface area contributed by atoms with Gasteiger partial charge in [0.05, 0.1) is 0 Å². The third kappa shape index (κ3) is 2.32. The predicted molar refractivity (Wildman–Crippen MR) is 65.4 cm³/mol. The molecule has 1 aliphatic rings. The van der Waals surface area contributed by atoms with Gasteiger partial charge in [0.15, 0.2) is 0 Å². The van der Waals surface area contributed by atoms with E-state index in [1.54, 1.807) is 0 Å². The maximum absolute atomic E-state index is 6.04. The van der Waals surface area contributed by atoms with Crippen molar-refractivity contribution in [1.29, 1.82) is 0 Å². The Labute approximate surface area is 96.9 Å². The number of aryl methyl sites for hydroxylation is 1. The summed E-state index contributed by atoms with van der Waals surface area (Å²) >= 11 is 0. The van der Waals surface area contributed by atoms with Crippen molar-refractivity contribution >= 4 is 5.95 Å². The van der Waals surface area contributed by atoms with Crippen molar-refractivity contribution in [1.82, 2.24) is 9.97 Å². The Hall–Kier alpha value is -1.16. The minimum atomic E-state index is 0.171. The van der Waals surface area contributed by atoms with Crippen LogP contribution in [0.15, 0.2) is 12.3 Å². The van der Waals surface area contributed by atoms with E-state index in [1.165, 1.54) is 12.8 Å². The maximum atomic E-state index is 6.04. The van der Waals surface area contributed by atoms with Crippen LogP contribution < -0.4 is 10.6 Å². The first kappa shape index (κ1) is 11.3. The van der Waals surface area contributed by atoms with E-state index in [9.17, 15) is 0 Å². The highest BCUT2D eigenvalue weighted by molar-refractivity contribution is 5.33. The SMILES string of the molecule is Cc1ccnc(N2CCCCC2C(C)N)n1. The second kappa shape index (κ2) is 4.78. The molecule has 2 atom stereocenters. The molecule has 2 heterocycles. The minimum absolute atomic E-state index is 0.171. The first-order chi connectivity index (χ1) is 7.68. The molecule has 2 unspecified atom stereocenters. The zero-order chi connectivity index (χ0) is 11.5. The largest absolute Gasteiger partial charge is 0.336 e. The number of piperidine rings is 1. The predicted octanol–water partition coefficient (Wildman–Crippen LogP) is 1.49. The van der Waals surface area contributed by atoms with Gasteiger partial charge in [0.25, 0.3) is 0 Å². The molecule has 0 spiro atoms. The average molecular weight is 220 g/mol. The Morgan fingerprint density at radius 2 is 2.31 bits per heavy atom. The summed E-state index contributed by atoms with van der Waals surface area (Å²) in [5.74, 6) is 0.835. The van der Waals surface area contributed by atoms with E-state index in [4.69, 9.17) is 5.73 Å². The highest BCUT2D eigenvalue weighted by Crippen LogP contribution is 2.23. The van der Waals surface area contributed by atoms with Crippen molar-refractivity contribution in [2.75, 3.05) is 11.4 Å². The van der Waals surface area contributed by atoms with Gasteiger partial charge in [-0.1, -0.05) is 0 Å². The summed E-state index contributed by atoms with van der Waals surface area (Å²) in [7, 11) is 0. The van der Waals surface area contributed by atoms with Gasteiger partial charge in [0, 0.05) is 30.5 Å². The average Bonchev–Trinajstić information content (AvgIpc) is 2.29. The van der Waals surface area contributed by atoms with Crippen LogP contribution in [0.4, 0.5) is 5.95 Å². The number of aromatic nitrogens is 2. The highest BCUT2D eigenvalue weighted by Gasteiger charge is 2.27. The van der Waals surface area contributed by atoms with E-state index in [2.05, 4.69) is 21.8 Å². The molecule has 4 nitrogen and oxygen atoms in total. The van der Waals surface area contributed by atoms with E-state index < -0.39 is 0 Å². The van der Waals surface area contributed by atoms with Gasteiger partial charge in [-0.3, -0.25) is 0 Å². The Bertz CT molecular complexity index is 351. The molecule has 2 rings (SSSR count). The van der Waals surface area contributed by atoms with Crippen LogP contribution >= 0.6 is 0 Å². The van der Waals surface area contributed by atoms with Crippen LogP contribution in [0.3, 0.4) is 0 Å². The fraction of sp³-hybridized carbons (Fsp3) is 0.667. The monoisotopic (exact) mass is 220 g/mol. The molecular formula is C12H20N4. The second-order valence-electron chi connectivity index (χ2n) is 4.61. The first-order valence-electron chi connectivity index (χ1n) is 6.00. The molecule has 1 aromatic rings. The molecule has 1 aromatic heterocycles. The Kier molecular flexibility index (Phi) is 3.39. The fourth-order valence-electron chi connectivity index (χ4n) is 2.33. The second-order valence-corrected chi connectivity index (χ2v) is 4.61. The van der Waals surface area contributed by atoms with Gasteiger partial charge >= 0.3 is 0 Å². The Balaban J connectivity index is 2.23. The summed E-state index contributed by atoms with van der Waals surface area (Å²) in [5.41, 5.74) is 7.05. The molecule has 4 heteroatoms. The first-order valence-corrected chi connectivity index (χ1v) is 6.00. The molecule has 0 amide bonds.